The third-order valence-corrected chi connectivity index (χ3v) is 3.87. The Morgan fingerprint density at radius 2 is 2.21 bits per heavy atom. The lowest BCUT2D eigenvalue weighted by molar-refractivity contribution is -0.121. The highest BCUT2D eigenvalue weighted by atomic mass is 16.5. The monoisotopic (exact) mass is 264 g/mol. The van der Waals surface area contributed by atoms with Gasteiger partial charge in [-0.25, -0.2) is 0 Å². The van der Waals surface area contributed by atoms with Crippen molar-refractivity contribution >= 4 is 5.91 Å². The molecule has 1 heterocycles. The van der Waals surface area contributed by atoms with Crippen LogP contribution in [-0.2, 0) is 11.2 Å². The van der Waals surface area contributed by atoms with E-state index >= 15 is 0 Å². The first kappa shape index (κ1) is 14.1. The standard InChI is InChI=1S/C15H24N2O2/c1-12-11-14(19-17-12)9-10-16-15(18)8-7-13-5-3-2-4-6-13/h11,13H,2-10H2,1H3,(H,16,18). The molecule has 1 amide bonds. The van der Waals surface area contributed by atoms with Crippen molar-refractivity contribution in [3.63, 3.8) is 0 Å². The van der Waals surface area contributed by atoms with Gasteiger partial charge in [-0.1, -0.05) is 37.3 Å². The van der Waals surface area contributed by atoms with E-state index in [4.69, 9.17) is 4.52 Å². The van der Waals surface area contributed by atoms with Crippen molar-refractivity contribution in [2.45, 2.75) is 58.3 Å². The van der Waals surface area contributed by atoms with E-state index in [2.05, 4.69) is 10.5 Å². The molecule has 0 bridgehead atoms. The first-order valence-corrected chi connectivity index (χ1v) is 7.43. The van der Waals surface area contributed by atoms with Gasteiger partial charge in [0, 0.05) is 25.5 Å². The van der Waals surface area contributed by atoms with Crippen LogP contribution in [0.5, 0.6) is 0 Å². The lowest BCUT2D eigenvalue weighted by Gasteiger charge is -2.20. The fourth-order valence-electron chi connectivity index (χ4n) is 2.76. The van der Waals surface area contributed by atoms with Crippen LogP contribution in [0.1, 0.15) is 56.4 Å². The van der Waals surface area contributed by atoms with Crippen LogP contribution in [0.2, 0.25) is 0 Å². The fraction of sp³-hybridized carbons (Fsp3) is 0.733. The molecular weight excluding hydrogens is 240 g/mol. The second-order valence-electron chi connectivity index (χ2n) is 5.58. The summed E-state index contributed by atoms with van der Waals surface area (Å²) in [6.45, 7) is 2.54. The molecule has 0 aliphatic heterocycles. The average molecular weight is 264 g/mol. The quantitative estimate of drug-likeness (QED) is 0.859. The maximum absolute atomic E-state index is 11.7. The van der Waals surface area contributed by atoms with Gasteiger partial charge in [0.05, 0.1) is 5.69 Å². The molecule has 1 fully saturated rings. The average Bonchev–Trinajstić information content (AvgIpc) is 2.83. The van der Waals surface area contributed by atoms with Crippen LogP contribution in [0.3, 0.4) is 0 Å². The molecule has 1 aromatic heterocycles. The molecule has 0 unspecified atom stereocenters. The number of carbonyl (C=O) groups is 1. The minimum absolute atomic E-state index is 0.168. The van der Waals surface area contributed by atoms with Gasteiger partial charge in [-0.05, 0) is 19.3 Å². The van der Waals surface area contributed by atoms with E-state index in [-0.39, 0.29) is 5.91 Å². The smallest absolute Gasteiger partial charge is 0.220 e. The SMILES string of the molecule is Cc1cc(CCNC(=O)CCC2CCCCC2)on1. The molecule has 106 valence electrons. The van der Waals surface area contributed by atoms with Gasteiger partial charge in [0.25, 0.3) is 0 Å². The van der Waals surface area contributed by atoms with Crippen LogP contribution in [0.15, 0.2) is 10.6 Å². The Kier molecular flexibility index (Phi) is 5.43. The van der Waals surface area contributed by atoms with E-state index in [1.807, 2.05) is 13.0 Å². The molecule has 19 heavy (non-hydrogen) atoms. The summed E-state index contributed by atoms with van der Waals surface area (Å²) in [4.78, 5) is 11.7. The van der Waals surface area contributed by atoms with Crippen molar-refractivity contribution in [3.8, 4) is 0 Å². The Morgan fingerprint density at radius 1 is 1.42 bits per heavy atom. The summed E-state index contributed by atoms with van der Waals surface area (Å²) in [6.07, 6.45) is 9.12. The number of nitrogens with one attached hydrogen (secondary N) is 1. The molecule has 4 nitrogen and oxygen atoms in total. The zero-order valence-electron chi connectivity index (χ0n) is 11.8. The summed E-state index contributed by atoms with van der Waals surface area (Å²) in [5.74, 6) is 1.78. The number of hydrogen-bond acceptors (Lipinski definition) is 3. The van der Waals surface area contributed by atoms with Crippen LogP contribution in [0.25, 0.3) is 0 Å². The molecule has 0 saturated heterocycles. The van der Waals surface area contributed by atoms with E-state index < -0.39 is 0 Å². The number of rotatable bonds is 6. The molecule has 1 saturated carbocycles. The molecule has 4 heteroatoms. The molecule has 1 aliphatic rings. The summed E-state index contributed by atoms with van der Waals surface area (Å²) in [5.41, 5.74) is 0.888. The van der Waals surface area contributed by atoms with Crippen molar-refractivity contribution in [1.82, 2.24) is 10.5 Å². The van der Waals surface area contributed by atoms with Crippen LogP contribution in [0, 0.1) is 12.8 Å². The summed E-state index contributed by atoms with van der Waals surface area (Å²) < 4.78 is 5.10. The molecule has 0 spiro atoms. The van der Waals surface area contributed by atoms with Crippen molar-refractivity contribution in [1.29, 1.82) is 0 Å². The van der Waals surface area contributed by atoms with Crippen molar-refractivity contribution in [3.05, 3.63) is 17.5 Å². The zero-order valence-corrected chi connectivity index (χ0v) is 11.8. The maximum Gasteiger partial charge on any atom is 0.220 e. The summed E-state index contributed by atoms with van der Waals surface area (Å²) in [6, 6.07) is 1.91. The summed E-state index contributed by atoms with van der Waals surface area (Å²) in [7, 11) is 0. The topological polar surface area (TPSA) is 55.1 Å². The van der Waals surface area contributed by atoms with Gasteiger partial charge in [-0.2, -0.15) is 0 Å². The van der Waals surface area contributed by atoms with Crippen LogP contribution in [0.4, 0.5) is 0 Å². The van der Waals surface area contributed by atoms with Crippen LogP contribution < -0.4 is 5.32 Å². The summed E-state index contributed by atoms with van der Waals surface area (Å²) >= 11 is 0. The molecule has 0 radical (unpaired) electrons. The number of aromatic nitrogens is 1. The Labute approximate surface area is 114 Å². The largest absolute Gasteiger partial charge is 0.361 e. The van der Waals surface area contributed by atoms with E-state index in [0.717, 1.165) is 30.2 Å². The van der Waals surface area contributed by atoms with Crippen molar-refractivity contribution < 1.29 is 9.32 Å². The normalized spacial score (nSPS) is 16.5. The number of carbonyl (C=O) groups excluding carboxylic acids is 1. The lowest BCUT2D eigenvalue weighted by atomic mass is 9.86. The maximum atomic E-state index is 11.7. The highest BCUT2D eigenvalue weighted by molar-refractivity contribution is 5.75. The minimum atomic E-state index is 0.168. The second-order valence-corrected chi connectivity index (χ2v) is 5.58. The van der Waals surface area contributed by atoms with Gasteiger partial charge in [-0.3, -0.25) is 4.79 Å². The Hall–Kier alpha value is -1.32. The Bertz CT molecular complexity index is 395. The number of aryl methyl sites for hydroxylation is 1. The molecule has 0 aromatic carbocycles. The fourth-order valence-corrected chi connectivity index (χ4v) is 2.76. The molecule has 1 aliphatic carbocycles. The third-order valence-electron chi connectivity index (χ3n) is 3.87. The van der Waals surface area contributed by atoms with E-state index in [0.29, 0.717) is 13.0 Å². The third kappa shape index (κ3) is 5.05. The van der Waals surface area contributed by atoms with Gasteiger partial charge in [0.1, 0.15) is 5.76 Å². The number of nitrogens with zero attached hydrogens (tertiary/aromatic N) is 1. The van der Waals surface area contributed by atoms with Crippen LogP contribution >= 0.6 is 0 Å². The highest BCUT2D eigenvalue weighted by Crippen LogP contribution is 2.27. The minimum Gasteiger partial charge on any atom is -0.361 e. The van der Waals surface area contributed by atoms with Gasteiger partial charge in [0.15, 0.2) is 0 Å². The number of hydrogen-bond donors (Lipinski definition) is 1. The van der Waals surface area contributed by atoms with E-state index in [1.165, 1.54) is 32.1 Å². The second kappa shape index (κ2) is 7.31. The van der Waals surface area contributed by atoms with Crippen molar-refractivity contribution in [2.75, 3.05) is 6.54 Å². The Balaban J connectivity index is 1.56. The zero-order chi connectivity index (χ0) is 13.5. The molecule has 1 N–H and O–H groups in total. The lowest BCUT2D eigenvalue weighted by Crippen LogP contribution is -2.26. The molecule has 2 rings (SSSR count). The molecular formula is C15H24N2O2. The van der Waals surface area contributed by atoms with Crippen molar-refractivity contribution in [2.24, 2.45) is 5.92 Å². The predicted molar refractivity (Wildman–Crippen MR) is 73.8 cm³/mol. The van der Waals surface area contributed by atoms with Crippen LogP contribution in [-0.4, -0.2) is 17.6 Å². The first-order chi connectivity index (χ1) is 9.24. The summed E-state index contributed by atoms with van der Waals surface area (Å²) in [5, 5.41) is 6.78. The number of amides is 1. The van der Waals surface area contributed by atoms with Gasteiger partial charge in [0.2, 0.25) is 5.91 Å². The molecule has 0 atom stereocenters. The van der Waals surface area contributed by atoms with Gasteiger partial charge in [-0.15, -0.1) is 0 Å². The first-order valence-electron chi connectivity index (χ1n) is 7.43. The van der Waals surface area contributed by atoms with E-state index in [1.54, 1.807) is 0 Å². The molecule has 1 aromatic rings. The van der Waals surface area contributed by atoms with E-state index in [9.17, 15) is 4.79 Å². The Morgan fingerprint density at radius 3 is 2.89 bits per heavy atom. The predicted octanol–water partition coefficient (Wildman–Crippen LogP) is 3.00. The van der Waals surface area contributed by atoms with Gasteiger partial charge < -0.3 is 9.84 Å². The van der Waals surface area contributed by atoms with Gasteiger partial charge >= 0.3 is 0 Å². The highest BCUT2D eigenvalue weighted by Gasteiger charge is 2.14.